The van der Waals surface area contributed by atoms with Gasteiger partial charge in [0, 0.05) is 11.1 Å². The van der Waals surface area contributed by atoms with Crippen LogP contribution >= 0.6 is 0 Å². The van der Waals surface area contributed by atoms with Gasteiger partial charge in [0.15, 0.2) is 0 Å². The molecule has 3 aromatic carbocycles. The number of rotatable bonds is 7. The van der Waals surface area contributed by atoms with Crippen LogP contribution in [0, 0.1) is 0 Å². The van der Waals surface area contributed by atoms with E-state index in [0.717, 1.165) is 47.8 Å². The molecule has 1 aliphatic rings. The highest BCUT2D eigenvalue weighted by molar-refractivity contribution is 7.89. The number of carbonyl (C=O) groups is 1. The molecule has 0 saturated heterocycles. The van der Waals surface area contributed by atoms with Gasteiger partial charge >= 0.3 is 5.97 Å². The number of sulfonamides is 1. The summed E-state index contributed by atoms with van der Waals surface area (Å²) in [6.45, 7) is -0.0851. The molecule has 35 heavy (non-hydrogen) atoms. The van der Waals surface area contributed by atoms with Gasteiger partial charge in [0.2, 0.25) is 10.0 Å². The molecule has 1 N–H and O–H groups in total. The lowest BCUT2D eigenvalue weighted by Crippen LogP contribution is -2.31. The van der Waals surface area contributed by atoms with Crippen LogP contribution in [0.5, 0.6) is 0 Å². The molecular formula is C28H26N2O4S. The highest BCUT2D eigenvalue weighted by Crippen LogP contribution is 2.31. The Balaban J connectivity index is 1.48. The van der Waals surface area contributed by atoms with Crippen LogP contribution in [0.15, 0.2) is 89.8 Å². The lowest BCUT2D eigenvalue weighted by Gasteiger charge is -2.23. The van der Waals surface area contributed by atoms with Gasteiger partial charge < -0.3 is 4.74 Å². The van der Waals surface area contributed by atoms with E-state index in [1.54, 1.807) is 18.2 Å². The second kappa shape index (κ2) is 9.98. The summed E-state index contributed by atoms with van der Waals surface area (Å²) < 4.78 is 34.3. The largest absolute Gasteiger partial charge is 0.452 e. The van der Waals surface area contributed by atoms with Gasteiger partial charge in [-0.3, -0.25) is 4.98 Å². The van der Waals surface area contributed by atoms with Crippen LogP contribution in [0.3, 0.4) is 0 Å². The van der Waals surface area contributed by atoms with Crippen LogP contribution in [-0.4, -0.2) is 25.9 Å². The quantitative estimate of drug-likeness (QED) is 0.372. The van der Waals surface area contributed by atoms with Crippen molar-refractivity contribution < 1.29 is 17.9 Å². The first-order valence-electron chi connectivity index (χ1n) is 11.7. The van der Waals surface area contributed by atoms with E-state index < -0.39 is 22.1 Å². The van der Waals surface area contributed by atoms with Gasteiger partial charge in [0.25, 0.3) is 0 Å². The minimum Gasteiger partial charge on any atom is -0.452 e. The SMILES string of the molecule is O=C(OC(CNS(=O)(=O)c1ccccc1)c1ccccc1)c1c2c(nc3ccccc13)CCCC2. The molecule has 0 aliphatic heterocycles. The number of carbonyl (C=O) groups excluding carboxylic acids is 1. The number of ether oxygens (including phenoxy) is 1. The molecule has 1 aromatic heterocycles. The van der Waals surface area contributed by atoms with E-state index in [1.807, 2.05) is 54.6 Å². The van der Waals surface area contributed by atoms with E-state index in [4.69, 9.17) is 9.72 Å². The monoisotopic (exact) mass is 486 g/mol. The lowest BCUT2D eigenvalue weighted by atomic mass is 9.90. The van der Waals surface area contributed by atoms with Crippen molar-refractivity contribution in [3.63, 3.8) is 0 Å². The summed E-state index contributed by atoms with van der Waals surface area (Å²) in [5, 5.41) is 0.759. The first-order valence-corrected chi connectivity index (χ1v) is 13.2. The first kappa shape index (κ1) is 23.2. The average Bonchev–Trinajstić information content (AvgIpc) is 2.90. The molecule has 0 bridgehead atoms. The number of fused-ring (bicyclic) bond motifs is 2. The van der Waals surface area contributed by atoms with E-state index in [0.29, 0.717) is 11.1 Å². The number of hydrogen-bond donors (Lipinski definition) is 1. The van der Waals surface area contributed by atoms with Crippen molar-refractivity contribution in [3.8, 4) is 0 Å². The molecule has 0 spiro atoms. The summed E-state index contributed by atoms with van der Waals surface area (Å²) in [4.78, 5) is 18.6. The summed E-state index contributed by atoms with van der Waals surface area (Å²) in [5.74, 6) is -0.463. The van der Waals surface area contributed by atoms with Gasteiger partial charge in [-0.15, -0.1) is 0 Å². The van der Waals surface area contributed by atoms with Crippen LogP contribution in [0.25, 0.3) is 10.9 Å². The number of aryl methyl sites for hydroxylation is 1. The van der Waals surface area contributed by atoms with Crippen molar-refractivity contribution in [1.29, 1.82) is 0 Å². The number of pyridine rings is 1. The Morgan fingerprint density at radius 2 is 1.54 bits per heavy atom. The number of nitrogens with one attached hydrogen (secondary N) is 1. The zero-order valence-corrected chi connectivity index (χ0v) is 20.0. The molecular weight excluding hydrogens is 460 g/mol. The van der Waals surface area contributed by atoms with Gasteiger partial charge in [0.05, 0.1) is 22.5 Å². The van der Waals surface area contributed by atoms with Gasteiger partial charge in [-0.25, -0.2) is 17.9 Å². The summed E-state index contributed by atoms with van der Waals surface area (Å²) in [6, 6.07) is 24.9. The molecule has 0 amide bonds. The third kappa shape index (κ3) is 4.97. The maximum atomic E-state index is 13.7. The van der Waals surface area contributed by atoms with Gasteiger partial charge in [-0.2, -0.15) is 0 Å². The molecule has 0 saturated carbocycles. The van der Waals surface area contributed by atoms with Gasteiger partial charge in [-0.05, 0) is 55.0 Å². The Morgan fingerprint density at radius 1 is 0.886 bits per heavy atom. The minimum absolute atomic E-state index is 0.0851. The molecule has 0 fully saturated rings. The summed E-state index contributed by atoms with van der Waals surface area (Å²) >= 11 is 0. The van der Waals surface area contributed by atoms with Crippen molar-refractivity contribution in [2.75, 3.05) is 6.54 Å². The maximum absolute atomic E-state index is 13.7. The molecule has 178 valence electrons. The fourth-order valence-corrected chi connectivity index (χ4v) is 5.61. The predicted molar refractivity (Wildman–Crippen MR) is 135 cm³/mol. The summed E-state index contributed by atoms with van der Waals surface area (Å²) in [7, 11) is -3.76. The normalized spacial score (nSPS) is 14.3. The van der Waals surface area contributed by atoms with Gasteiger partial charge in [-0.1, -0.05) is 66.7 Å². The second-order valence-corrected chi connectivity index (χ2v) is 10.4. The highest BCUT2D eigenvalue weighted by Gasteiger charge is 2.27. The number of aromatic nitrogens is 1. The van der Waals surface area contributed by atoms with Crippen LogP contribution in [0.2, 0.25) is 0 Å². The Bertz CT molecular complexity index is 1450. The third-order valence-electron chi connectivity index (χ3n) is 6.31. The summed E-state index contributed by atoms with van der Waals surface area (Å²) in [5.41, 5.74) is 3.90. The van der Waals surface area contributed by atoms with Crippen LogP contribution in [0.1, 0.15) is 46.1 Å². The van der Waals surface area contributed by atoms with Crippen LogP contribution < -0.4 is 4.72 Å². The Hall–Kier alpha value is -3.55. The van der Waals surface area contributed by atoms with Crippen molar-refractivity contribution in [1.82, 2.24) is 9.71 Å². The van der Waals surface area contributed by atoms with Gasteiger partial charge in [0.1, 0.15) is 6.10 Å². The average molecular weight is 487 g/mol. The van der Waals surface area contributed by atoms with Crippen LogP contribution in [-0.2, 0) is 27.6 Å². The predicted octanol–water partition coefficient (Wildman–Crippen LogP) is 4.99. The molecule has 0 radical (unpaired) electrons. The highest BCUT2D eigenvalue weighted by atomic mass is 32.2. The fourth-order valence-electron chi connectivity index (χ4n) is 4.56. The maximum Gasteiger partial charge on any atom is 0.339 e. The zero-order chi connectivity index (χ0) is 24.3. The van der Waals surface area contributed by atoms with Crippen molar-refractivity contribution >= 4 is 26.9 Å². The molecule has 7 heteroatoms. The Morgan fingerprint density at radius 3 is 2.31 bits per heavy atom. The van der Waals surface area contributed by atoms with E-state index in [2.05, 4.69) is 4.72 Å². The molecule has 6 nitrogen and oxygen atoms in total. The van der Waals surface area contributed by atoms with E-state index >= 15 is 0 Å². The topological polar surface area (TPSA) is 85.4 Å². The number of para-hydroxylation sites is 1. The second-order valence-electron chi connectivity index (χ2n) is 8.61. The molecule has 5 rings (SSSR count). The minimum atomic E-state index is -3.76. The fraction of sp³-hybridized carbons (Fsp3) is 0.214. The lowest BCUT2D eigenvalue weighted by molar-refractivity contribution is 0.0308. The summed E-state index contributed by atoms with van der Waals surface area (Å²) in [6.07, 6.45) is 2.84. The van der Waals surface area contributed by atoms with Crippen LogP contribution in [0.4, 0.5) is 0 Å². The Labute approximate surface area is 205 Å². The number of nitrogens with zero attached hydrogens (tertiary/aromatic N) is 1. The molecule has 1 atom stereocenters. The molecule has 4 aromatic rings. The molecule has 1 unspecified atom stereocenters. The standard InChI is InChI=1S/C28H26N2O4S/c31-28(27-22-15-7-9-17-24(22)30-25-18-10-8-16-23(25)27)34-26(20-11-3-1-4-12-20)19-29-35(32,33)21-13-5-2-6-14-21/h1-7,9,11-15,17,26,29H,8,10,16,18-19H2. The van der Waals surface area contributed by atoms with E-state index in [9.17, 15) is 13.2 Å². The first-order chi connectivity index (χ1) is 17.0. The Kier molecular flexibility index (Phi) is 6.61. The zero-order valence-electron chi connectivity index (χ0n) is 19.2. The van der Waals surface area contributed by atoms with E-state index in [1.165, 1.54) is 12.1 Å². The third-order valence-corrected chi connectivity index (χ3v) is 7.75. The molecule has 1 aliphatic carbocycles. The number of hydrogen-bond acceptors (Lipinski definition) is 5. The van der Waals surface area contributed by atoms with Crippen molar-refractivity contribution in [2.24, 2.45) is 0 Å². The molecule has 1 heterocycles. The smallest absolute Gasteiger partial charge is 0.339 e. The van der Waals surface area contributed by atoms with Crippen molar-refractivity contribution in [3.05, 3.63) is 107 Å². The number of esters is 1. The number of benzene rings is 3. The van der Waals surface area contributed by atoms with E-state index in [-0.39, 0.29) is 11.4 Å². The van der Waals surface area contributed by atoms with Crippen molar-refractivity contribution in [2.45, 2.75) is 36.7 Å².